The molecule has 1 atom stereocenters. The van der Waals surface area contributed by atoms with E-state index in [4.69, 9.17) is 9.47 Å². The van der Waals surface area contributed by atoms with Gasteiger partial charge in [0.2, 0.25) is 0 Å². The summed E-state index contributed by atoms with van der Waals surface area (Å²) in [6.45, 7) is 7.02. The Kier molecular flexibility index (Phi) is 6.72. The normalized spacial score (nSPS) is 17.4. The summed E-state index contributed by atoms with van der Waals surface area (Å²) in [6.07, 6.45) is 4.76. The van der Waals surface area contributed by atoms with Crippen molar-refractivity contribution in [1.29, 1.82) is 0 Å². The fraction of sp³-hybridized carbons (Fsp3) is 0.684. The molecule has 4 nitrogen and oxygen atoms in total. The van der Waals surface area contributed by atoms with Crippen molar-refractivity contribution in [2.45, 2.75) is 46.1 Å². The van der Waals surface area contributed by atoms with Gasteiger partial charge in [-0.15, -0.1) is 0 Å². The standard InChI is InChI=1S/C19H31NO3/c1-4-23-17-7-6-16(12-18(17)22-3)13-20-14-19(9-5-10-19)15(2)8-11-21/h6-7,12,15,20-21H,4-5,8-11,13-14H2,1-3H3/t15-/m1/s1. The Morgan fingerprint density at radius 2 is 2.09 bits per heavy atom. The minimum absolute atomic E-state index is 0.291. The third kappa shape index (κ3) is 4.39. The maximum Gasteiger partial charge on any atom is 0.161 e. The highest BCUT2D eigenvalue weighted by atomic mass is 16.5. The number of rotatable bonds is 10. The van der Waals surface area contributed by atoms with Crippen LogP contribution >= 0.6 is 0 Å². The van der Waals surface area contributed by atoms with Gasteiger partial charge in [-0.25, -0.2) is 0 Å². The minimum atomic E-state index is 0.291. The smallest absolute Gasteiger partial charge is 0.161 e. The van der Waals surface area contributed by atoms with E-state index in [1.54, 1.807) is 7.11 Å². The van der Waals surface area contributed by atoms with Crippen molar-refractivity contribution >= 4 is 0 Å². The number of aliphatic hydroxyl groups is 1. The van der Waals surface area contributed by atoms with E-state index in [0.29, 0.717) is 24.5 Å². The molecule has 1 aromatic carbocycles. The Bertz CT molecular complexity index is 486. The maximum atomic E-state index is 9.20. The summed E-state index contributed by atoms with van der Waals surface area (Å²) in [5.74, 6) is 2.16. The summed E-state index contributed by atoms with van der Waals surface area (Å²) in [7, 11) is 1.68. The molecule has 23 heavy (non-hydrogen) atoms. The molecular weight excluding hydrogens is 290 g/mol. The van der Waals surface area contributed by atoms with Gasteiger partial charge in [-0.05, 0) is 55.2 Å². The van der Waals surface area contributed by atoms with E-state index in [1.165, 1.54) is 24.8 Å². The fourth-order valence-electron chi connectivity index (χ4n) is 3.53. The molecular formula is C19H31NO3. The Hall–Kier alpha value is -1.26. The lowest BCUT2D eigenvalue weighted by atomic mass is 9.60. The van der Waals surface area contributed by atoms with Crippen molar-refractivity contribution < 1.29 is 14.6 Å². The second-order valence-corrected chi connectivity index (χ2v) is 6.65. The molecule has 0 unspecified atom stereocenters. The summed E-state index contributed by atoms with van der Waals surface area (Å²) in [6, 6.07) is 6.11. The second kappa shape index (κ2) is 8.55. The molecule has 130 valence electrons. The van der Waals surface area contributed by atoms with Gasteiger partial charge in [-0.2, -0.15) is 0 Å². The fourth-order valence-corrected chi connectivity index (χ4v) is 3.53. The SMILES string of the molecule is CCOc1ccc(CNCC2([C@H](C)CCO)CCC2)cc1OC. The van der Waals surface area contributed by atoms with Gasteiger partial charge >= 0.3 is 0 Å². The average Bonchev–Trinajstić information content (AvgIpc) is 2.51. The zero-order valence-electron chi connectivity index (χ0n) is 14.7. The third-order valence-corrected chi connectivity index (χ3v) is 5.29. The first-order chi connectivity index (χ1) is 11.1. The molecule has 0 saturated heterocycles. The van der Waals surface area contributed by atoms with Gasteiger partial charge < -0.3 is 19.9 Å². The lowest BCUT2D eigenvalue weighted by molar-refractivity contribution is 0.0427. The van der Waals surface area contributed by atoms with Crippen LogP contribution in [0.5, 0.6) is 11.5 Å². The highest BCUT2D eigenvalue weighted by molar-refractivity contribution is 5.42. The van der Waals surface area contributed by atoms with Gasteiger partial charge in [-0.1, -0.05) is 19.4 Å². The van der Waals surface area contributed by atoms with Crippen LogP contribution in [-0.2, 0) is 6.54 Å². The van der Waals surface area contributed by atoms with Gasteiger partial charge in [0.1, 0.15) is 0 Å². The van der Waals surface area contributed by atoms with E-state index >= 15 is 0 Å². The van der Waals surface area contributed by atoms with Crippen molar-refractivity contribution in [3.8, 4) is 11.5 Å². The van der Waals surface area contributed by atoms with Crippen LogP contribution in [0, 0.1) is 11.3 Å². The van der Waals surface area contributed by atoms with Gasteiger partial charge in [0.25, 0.3) is 0 Å². The molecule has 2 rings (SSSR count). The van der Waals surface area contributed by atoms with Crippen LogP contribution in [0.25, 0.3) is 0 Å². The molecule has 0 amide bonds. The van der Waals surface area contributed by atoms with E-state index in [0.717, 1.165) is 31.0 Å². The van der Waals surface area contributed by atoms with Crippen LogP contribution in [0.3, 0.4) is 0 Å². The van der Waals surface area contributed by atoms with Gasteiger partial charge in [-0.3, -0.25) is 0 Å². The van der Waals surface area contributed by atoms with Crippen LogP contribution in [0.15, 0.2) is 18.2 Å². The predicted octanol–water partition coefficient (Wildman–Crippen LogP) is 3.37. The number of hydrogen-bond donors (Lipinski definition) is 2. The molecule has 0 aromatic heterocycles. The number of aliphatic hydroxyl groups excluding tert-OH is 1. The Balaban J connectivity index is 1.90. The number of benzene rings is 1. The van der Waals surface area contributed by atoms with Crippen LogP contribution < -0.4 is 14.8 Å². The third-order valence-electron chi connectivity index (χ3n) is 5.29. The molecule has 1 aliphatic rings. The molecule has 1 saturated carbocycles. The van der Waals surface area contributed by atoms with Crippen molar-refractivity contribution in [3.63, 3.8) is 0 Å². The summed E-state index contributed by atoms with van der Waals surface area (Å²) < 4.78 is 11.0. The number of ether oxygens (including phenoxy) is 2. The highest BCUT2D eigenvalue weighted by Gasteiger charge is 2.40. The zero-order chi connectivity index (χ0) is 16.7. The molecule has 1 aliphatic carbocycles. The largest absolute Gasteiger partial charge is 0.493 e. The highest BCUT2D eigenvalue weighted by Crippen LogP contribution is 2.47. The second-order valence-electron chi connectivity index (χ2n) is 6.65. The maximum absolute atomic E-state index is 9.20. The zero-order valence-corrected chi connectivity index (χ0v) is 14.7. The number of hydrogen-bond acceptors (Lipinski definition) is 4. The van der Waals surface area contributed by atoms with Gasteiger partial charge in [0.15, 0.2) is 11.5 Å². The van der Waals surface area contributed by atoms with Crippen molar-refractivity contribution in [1.82, 2.24) is 5.32 Å². The minimum Gasteiger partial charge on any atom is -0.493 e. The monoisotopic (exact) mass is 321 g/mol. The quantitative estimate of drug-likeness (QED) is 0.694. The average molecular weight is 321 g/mol. The molecule has 0 aliphatic heterocycles. The first kappa shape index (κ1) is 18.1. The van der Waals surface area contributed by atoms with Crippen LogP contribution in [0.1, 0.15) is 45.1 Å². The van der Waals surface area contributed by atoms with Crippen molar-refractivity contribution in [2.75, 3.05) is 26.9 Å². The summed E-state index contributed by atoms with van der Waals surface area (Å²) in [5.41, 5.74) is 1.58. The van der Waals surface area contributed by atoms with Crippen molar-refractivity contribution in [2.24, 2.45) is 11.3 Å². The summed E-state index contributed by atoms with van der Waals surface area (Å²) >= 11 is 0. The van der Waals surface area contributed by atoms with E-state index in [2.05, 4.69) is 18.3 Å². The molecule has 1 fully saturated rings. The Morgan fingerprint density at radius 1 is 1.30 bits per heavy atom. The van der Waals surface area contributed by atoms with Crippen molar-refractivity contribution in [3.05, 3.63) is 23.8 Å². The topological polar surface area (TPSA) is 50.7 Å². The Labute approximate surface area is 140 Å². The predicted molar refractivity (Wildman–Crippen MR) is 93.0 cm³/mol. The van der Waals surface area contributed by atoms with Gasteiger partial charge in [0, 0.05) is 19.7 Å². The van der Waals surface area contributed by atoms with E-state index < -0.39 is 0 Å². The summed E-state index contributed by atoms with van der Waals surface area (Å²) in [4.78, 5) is 0. The molecule has 1 aromatic rings. The van der Waals surface area contributed by atoms with E-state index in [1.807, 2.05) is 19.1 Å². The molecule has 4 heteroatoms. The van der Waals surface area contributed by atoms with Crippen LogP contribution in [-0.4, -0.2) is 32.0 Å². The number of methoxy groups -OCH3 is 1. The van der Waals surface area contributed by atoms with E-state index in [-0.39, 0.29) is 0 Å². The molecule has 0 spiro atoms. The molecule has 2 N–H and O–H groups in total. The lowest BCUT2D eigenvalue weighted by Crippen LogP contribution is -2.44. The Morgan fingerprint density at radius 3 is 2.65 bits per heavy atom. The van der Waals surface area contributed by atoms with E-state index in [9.17, 15) is 5.11 Å². The number of nitrogens with one attached hydrogen (secondary N) is 1. The lowest BCUT2D eigenvalue weighted by Gasteiger charge is -2.47. The first-order valence-electron chi connectivity index (χ1n) is 8.76. The van der Waals surface area contributed by atoms with Crippen LogP contribution in [0.2, 0.25) is 0 Å². The first-order valence-corrected chi connectivity index (χ1v) is 8.76. The molecule has 0 radical (unpaired) electrons. The molecule has 0 bridgehead atoms. The van der Waals surface area contributed by atoms with Crippen LogP contribution in [0.4, 0.5) is 0 Å². The molecule has 0 heterocycles. The summed E-state index contributed by atoms with van der Waals surface area (Å²) in [5, 5.41) is 12.8. The van der Waals surface area contributed by atoms with Gasteiger partial charge in [0.05, 0.1) is 13.7 Å².